The number of pyridine rings is 1. The largest absolute Gasteiger partial charge is 0.317 e. The summed E-state index contributed by atoms with van der Waals surface area (Å²) in [5, 5.41) is 3.32. The maximum atomic E-state index is 12.5. The molecule has 1 saturated heterocycles. The van der Waals surface area contributed by atoms with Crippen molar-refractivity contribution >= 4 is 10.0 Å². The summed E-state index contributed by atoms with van der Waals surface area (Å²) in [6.07, 6.45) is 6.04. The molecule has 0 aromatic carbocycles. The van der Waals surface area contributed by atoms with Gasteiger partial charge in [0.2, 0.25) is 10.0 Å². The molecule has 0 amide bonds. The maximum absolute atomic E-state index is 12.5. The lowest BCUT2D eigenvalue weighted by Crippen LogP contribution is -2.43. The molecule has 1 atom stereocenters. The highest BCUT2D eigenvalue weighted by molar-refractivity contribution is 7.89. The van der Waals surface area contributed by atoms with E-state index < -0.39 is 10.0 Å². The Labute approximate surface area is 127 Å². The van der Waals surface area contributed by atoms with Crippen LogP contribution in [0.15, 0.2) is 24.5 Å². The van der Waals surface area contributed by atoms with Crippen LogP contribution in [0.3, 0.4) is 0 Å². The second-order valence-electron chi connectivity index (χ2n) is 5.60. The first-order chi connectivity index (χ1) is 10.1. The number of nitrogens with one attached hydrogen (secondary N) is 1. The van der Waals surface area contributed by atoms with Crippen molar-refractivity contribution in [2.45, 2.75) is 26.2 Å². The molecule has 5 nitrogen and oxygen atoms in total. The van der Waals surface area contributed by atoms with Crippen LogP contribution in [0.1, 0.15) is 25.3 Å². The highest BCUT2D eigenvalue weighted by Crippen LogP contribution is 2.19. The predicted octanol–water partition coefficient (Wildman–Crippen LogP) is 1.28. The standard InChI is InChI=1S/C15H25N3O2S/c1-2-16-12-15-4-3-10-18(13-15)21(19,20)11-7-14-5-8-17-9-6-14/h5-6,8-9,15-16H,2-4,7,10-13H2,1H3. The molecule has 6 heteroatoms. The minimum absolute atomic E-state index is 0.185. The van der Waals surface area contributed by atoms with Crippen molar-refractivity contribution in [1.82, 2.24) is 14.6 Å². The Bertz CT molecular complexity index is 519. The molecule has 0 saturated carbocycles. The Balaban J connectivity index is 1.89. The third-order valence-corrected chi connectivity index (χ3v) is 5.79. The van der Waals surface area contributed by atoms with Crippen molar-refractivity contribution in [2.75, 3.05) is 31.9 Å². The Kier molecular flexibility index (Phi) is 6.14. The molecule has 0 bridgehead atoms. The molecule has 1 unspecified atom stereocenters. The third-order valence-electron chi connectivity index (χ3n) is 3.96. The van der Waals surface area contributed by atoms with Gasteiger partial charge in [-0.05, 0) is 56.0 Å². The highest BCUT2D eigenvalue weighted by atomic mass is 32.2. The van der Waals surface area contributed by atoms with E-state index in [1.165, 1.54) is 0 Å². The molecule has 0 aliphatic carbocycles. The summed E-state index contributed by atoms with van der Waals surface area (Å²) < 4.78 is 26.6. The predicted molar refractivity (Wildman–Crippen MR) is 84.6 cm³/mol. The molecule has 1 aromatic rings. The van der Waals surface area contributed by atoms with E-state index in [9.17, 15) is 8.42 Å². The summed E-state index contributed by atoms with van der Waals surface area (Å²) >= 11 is 0. The van der Waals surface area contributed by atoms with Crippen molar-refractivity contribution in [1.29, 1.82) is 0 Å². The number of rotatable bonds is 7. The van der Waals surface area contributed by atoms with E-state index in [4.69, 9.17) is 0 Å². The normalized spacial score (nSPS) is 20.5. The SMILES string of the molecule is CCNCC1CCCN(S(=O)(=O)CCc2ccncc2)C1. The Morgan fingerprint density at radius 3 is 2.86 bits per heavy atom. The van der Waals surface area contributed by atoms with Crippen LogP contribution >= 0.6 is 0 Å². The van der Waals surface area contributed by atoms with Crippen molar-refractivity contribution < 1.29 is 8.42 Å². The van der Waals surface area contributed by atoms with Gasteiger partial charge in [-0.1, -0.05) is 6.92 Å². The van der Waals surface area contributed by atoms with Crippen LogP contribution < -0.4 is 5.32 Å². The molecule has 1 aliphatic rings. The summed E-state index contributed by atoms with van der Waals surface area (Å²) in [5.74, 6) is 0.625. The molecule has 118 valence electrons. The number of piperidine rings is 1. The van der Waals surface area contributed by atoms with E-state index in [0.29, 0.717) is 25.4 Å². The van der Waals surface area contributed by atoms with Crippen LogP contribution in [-0.2, 0) is 16.4 Å². The molecule has 2 rings (SSSR count). The van der Waals surface area contributed by atoms with Gasteiger partial charge in [-0.2, -0.15) is 0 Å². The molecule has 0 radical (unpaired) electrons. The number of aryl methyl sites for hydroxylation is 1. The molecule has 1 aliphatic heterocycles. The number of sulfonamides is 1. The van der Waals surface area contributed by atoms with Gasteiger partial charge in [-0.15, -0.1) is 0 Å². The fourth-order valence-corrected chi connectivity index (χ4v) is 4.32. The average Bonchev–Trinajstić information content (AvgIpc) is 2.52. The fourth-order valence-electron chi connectivity index (χ4n) is 2.72. The van der Waals surface area contributed by atoms with Crippen molar-refractivity contribution in [3.8, 4) is 0 Å². The van der Waals surface area contributed by atoms with Crippen molar-refractivity contribution in [3.63, 3.8) is 0 Å². The minimum Gasteiger partial charge on any atom is -0.317 e. The number of hydrogen-bond donors (Lipinski definition) is 1. The first-order valence-electron chi connectivity index (χ1n) is 7.69. The van der Waals surface area contributed by atoms with Gasteiger partial charge >= 0.3 is 0 Å². The lowest BCUT2D eigenvalue weighted by molar-refractivity contribution is 0.261. The minimum atomic E-state index is -3.15. The van der Waals surface area contributed by atoms with E-state index >= 15 is 0 Å². The number of aromatic nitrogens is 1. The zero-order valence-corrected chi connectivity index (χ0v) is 13.5. The van der Waals surface area contributed by atoms with Gasteiger partial charge < -0.3 is 5.32 Å². The zero-order valence-electron chi connectivity index (χ0n) is 12.7. The molecule has 1 fully saturated rings. The highest BCUT2D eigenvalue weighted by Gasteiger charge is 2.28. The molecule has 1 aromatic heterocycles. The lowest BCUT2D eigenvalue weighted by atomic mass is 10.00. The van der Waals surface area contributed by atoms with Gasteiger partial charge in [0.05, 0.1) is 5.75 Å². The topological polar surface area (TPSA) is 62.3 Å². The monoisotopic (exact) mass is 311 g/mol. The molecule has 21 heavy (non-hydrogen) atoms. The Morgan fingerprint density at radius 1 is 1.38 bits per heavy atom. The fraction of sp³-hybridized carbons (Fsp3) is 0.667. The molecule has 0 spiro atoms. The number of hydrogen-bond acceptors (Lipinski definition) is 4. The number of nitrogens with zero attached hydrogens (tertiary/aromatic N) is 2. The lowest BCUT2D eigenvalue weighted by Gasteiger charge is -2.32. The molecule has 2 heterocycles. The first-order valence-corrected chi connectivity index (χ1v) is 9.30. The molecular formula is C15H25N3O2S. The van der Waals surface area contributed by atoms with E-state index in [0.717, 1.165) is 31.5 Å². The maximum Gasteiger partial charge on any atom is 0.214 e. The third kappa shape index (κ3) is 5.05. The van der Waals surface area contributed by atoms with E-state index in [1.54, 1.807) is 16.7 Å². The van der Waals surface area contributed by atoms with Gasteiger partial charge in [0.1, 0.15) is 0 Å². The Morgan fingerprint density at radius 2 is 2.14 bits per heavy atom. The first kappa shape index (κ1) is 16.4. The van der Waals surface area contributed by atoms with E-state index in [-0.39, 0.29) is 5.75 Å². The van der Waals surface area contributed by atoms with Crippen LogP contribution in [0.2, 0.25) is 0 Å². The van der Waals surface area contributed by atoms with Crippen LogP contribution in [0, 0.1) is 5.92 Å². The van der Waals surface area contributed by atoms with Gasteiger partial charge in [-0.3, -0.25) is 4.98 Å². The average molecular weight is 311 g/mol. The summed E-state index contributed by atoms with van der Waals surface area (Å²) in [6, 6.07) is 3.75. The quantitative estimate of drug-likeness (QED) is 0.824. The smallest absolute Gasteiger partial charge is 0.214 e. The zero-order chi connectivity index (χ0) is 15.1. The van der Waals surface area contributed by atoms with Crippen LogP contribution in [0.4, 0.5) is 0 Å². The van der Waals surface area contributed by atoms with Crippen molar-refractivity contribution in [3.05, 3.63) is 30.1 Å². The van der Waals surface area contributed by atoms with Gasteiger partial charge in [-0.25, -0.2) is 12.7 Å². The van der Waals surface area contributed by atoms with Crippen LogP contribution in [0.25, 0.3) is 0 Å². The van der Waals surface area contributed by atoms with E-state index in [1.807, 2.05) is 12.1 Å². The summed E-state index contributed by atoms with van der Waals surface area (Å²) in [4.78, 5) is 3.95. The molecular weight excluding hydrogens is 286 g/mol. The van der Waals surface area contributed by atoms with Crippen LogP contribution in [-0.4, -0.2) is 49.6 Å². The molecule has 1 N–H and O–H groups in total. The van der Waals surface area contributed by atoms with Gasteiger partial charge in [0, 0.05) is 25.5 Å². The van der Waals surface area contributed by atoms with Gasteiger partial charge in [0.15, 0.2) is 0 Å². The second kappa shape index (κ2) is 7.87. The summed E-state index contributed by atoms with van der Waals surface area (Å²) in [7, 11) is -3.15. The van der Waals surface area contributed by atoms with Gasteiger partial charge in [0.25, 0.3) is 0 Å². The second-order valence-corrected chi connectivity index (χ2v) is 7.68. The Hall–Kier alpha value is -0.980. The van der Waals surface area contributed by atoms with Crippen LogP contribution in [0.5, 0.6) is 0 Å². The van der Waals surface area contributed by atoms with Crippen molar-refractivity contribution in [2.24, 2.45) is 5.92 Å². The van der Waals surface area contributed by atoms with E-state index in [2.05, 4.69) is 17.2 Å². The summed E-state index contributed by atoms with van der Waals surface area (Å²) in [6.45, 7) is 5.25. The summed E-state index contributed by atoms with van der Waals surface area (Å²) in [5.41, 5.74) is 1.02.